The monoisotopic (exact) mass is 222 g/mol. The van der Waals surface area contributed by atoms with Gasteiger partial charge in [0.05, 0.1) is 17.9 Å². The first-order chi connectivity index (χ1) is 7.79. The number of nitrogens with one attached hydrogen (secondary N) is 1. The summed E-state index contributed by atoms with van der Waals surface area (Å²) in [5.74, 6) is 0.270. The van der Waals surface area contributed by atoms with E-state index in [1.807, 2.05) is 0 Å². The van der Waals surface area contributed by atoms with Crippen LogP contribution in [0.1, 0.15) is 32.1 Å². The van der Waals surface area contributed by atoms with E-state index in [1.165, 1.54) is 0 Å². The smallest absolute Gasteiger partial charge is 0.233 e. The molecule has 0 aromatic carbocycles. The second-order valence-electron chi connectivity index (χ2n) is 5.19. The Morgan fingerprint density at radius 3 is 2.25 bits per heavy atom. The number of carbonyl (C=O) groups is 2. The summed E-state index contributed by atoms with van der Waals surface area (Å²) >= 11 is 0. The molecule has 0 aromatic heterocycles. The number of amides is 2. The molecule has 1 aliphatic carbocycles. The van der Waals surface area contributed by atoms with Gasteiger partial charge in [0.2, 0.25) is 11.8 Å². The molecule has 2 amide bonds. The first kappa shape index (κ1) is 10.3. The number of rotatable bonds is 1. The summed E-state index contributed by atoms with van der Waals surface area (Å²) in [4.78, 5) is 25.9. The molecule has 2 heterocycles. The molecule has 88 valence electrons. The summed E-state index contributed by atoms with van der Waals surface area (Å²) in [6, 6.07) is 0.124. The van der Waals surface area contributed by atoms with Gasteiger partial charge in [0.15, 0.2) is 0 Å². The lowest BCUT2D eigenvalue weighted by atomic mass is 10.00. The fourth-order valence-corrected chi connectivity index (χ4v) is 3.43. The maximum absolute atomic E-state index is 12.2. The molecular formula is C12H18N2O2. The van der Waals surface area contributed by atoms with Crippen molar-refractivity contribution in [3.8, 4) is 0 Å². The molecule has 1 saturated carbocycles. The highest BCUT2D eigenvalue weighted by atomic mass is 16.2. The minimum absolute atomic E-state index is 0.0226. The Labute approximate surface area is 95.4 Å². The molecule has 3 rings (SSSR count). The van der Waals surface area contributed by atoms with Crippen molar-refractivity contribution in [1.29, 1.82) is 0 Å². The number of hydrogen-bond donors (Lipinski definition) is 1. The van der Waals surface area contributed by atoms with E-state index in [4.69, 9.17) is 0 Å². The van der Waals surface area contributed by atoms with Crippen molar-refractivity contribution >= 4 is 11.8 Å². The molecule has 4 nitrogen and oxygen atoms in total. The van der Waals surface area contributed by atoms with E-state index in [9.17, 15) is 9.59 Å². The van der Waals surface area contributed by atoms with Gasteiger partial charge in [-0.1, -0.05) is 6.42 Å². The third-order valence-corrected chi connectivity index (χ3v) is 4.26. The van der Waals surface area contributed by atoms with E-state index in [0.29, 0.717) is 0 Å². The van der Waals surface area contributed by atoms with E-state index < -0.39 is 0 Å². The van der Waals surface area contributed by atoms with Crippen LogP contribution in [0.3, 0.4) is 0 Å². The van der Waals surface area contributed by atoms with Gasteiger partial charge in [0, 0.05) is 6.54 Å². The third kappa shape index (κ3) is 1.39. The minimum Gasteiger partial charge on any atom is -0.315 e. The molecule has 3 atom stereocenters. The molecule has 2 aliphatic heterocycles. The number of hydrogen-bond acceptors (Lipinski definition) is 3. The van der Waals surface area contributed by atoms with Crippen LogP contribution in [0.2, 0.25) is 0 Å². The van der Waals surface area contributed by atoms with Crippen molar-refractivity contribution in [3.63, 3.8) is 0 Å². The van der Waals surface area contributed by atoms with Crippen LogP contribution in [0.25, 0.3) is 0 Å². The van der Waals surface area contributed by atoms with Gasteiger partial charge in [-0.15, -0.1) is 0 Å². The average Bonchev–Trinajstić information content (AvgIpc) is 2.86. The molecule has 0 radical (unpaired) electrons. The Balaban J connectivity index is 1.80. The van der Waals surface area contributed by atoms with Gasteiger partial charge in [-0.25, -0.2) is 0 Å². The number of fused-ring (bicyclic) bond motifs is 1. The standard InChI is InChI=1S/C12H18N2O2/c15-11-9-4-1-5-10(9)12(16)14(11)8-3-2-6-13-7-8/h8-10,13H,1-7H2. The van der Waals surface area contributed by atoms with Crippen LogP contribution in [-0.4, -0.2) is 35.8 Å². The number of imide groups is 1. The van der Waals surface area contributed by atoms with Gasteiger partial charge in [0.1, 0.15) is 0 Å². The second kappa shape index (κ2) is 3.84. The minimum atomic E-state index is 0.0226. The molecule has 2 saturated heterocycles. The summed E-state index contributed by atoms with van der Waals surface area (Å²) in [6.45, 7) is 1.80. The topological polar surface area (TPSA) is 49.4 Å². The lowest BCUT2D eigenvalue weighted by Gasteiger charge is -2.30. The van der Waals surface area contributed by atoms with Gasteiger partial charge < -0.3 is 5.32 Å². The van der Waals surface area contributed by atoms with Crippen LogP contribution in [0.5, 0.6) is 0 Å². The maximum Gasteiger partial charge on any atom is 0.233 e. The van der Waals surface area contributed by atoms with E-state index >= 15 is 0 Å². The fourth-order valence-electron chi connectivity index (χ4n) is 3.43. The highest BCUT2D eigenvalue weighted by molar-refractivity contribution is 6.05. The van der Waals surface area contributed by atoms with Crippen LogP contribution >= 0.6 is 0 Å². The largest absolute Gasteiger partial charge is 0.315 e. The molecule has 0 spiro atoms. The zero-order valence-corrected chi connectivity index (χ0v) is 9.45. The fraction of sp³-hybridized carbons (Fsp3) is 0.833. The third-order valence-electron chi connectivity index (χ3n) is 4.26. The van der Waals surface area contributed by atoms with Crippen LogP contribution in [0.15, 0.2) is 0 Å². The van der Waals surface area contributed by atoms with Crippen molar-refractivity contribution in [2.45, 2.75) is 38.1 Å². The van der Waals surface area contributed by atoms with Crippen LogP contribution < -0.4 is 5.32 Å². The second-order valence-corrected chi connectivity index (χ2v) is 5.19. The summed E-state index contributed by atoms with van der Waals surface area (Å²) < 4.78 is 0. The molecular weight excluding hydrogens is 204 g/mol. The Morgan fingerprint density at radius 1 is 1.00 bits per heavy atom. The normalized spacial score (nSPS) is 39.2. The Kier molecular flexibility index (Phi) is 2.46. The maximum atomic E-state index is 12.2. The van der Waals surface area contributed by atoms with Crippen molar-refractivity contribution in [1.82, 2.24) is 10.2 Å². The van der Waals surface area contributed by atoms with E-state index in [0.717, 1.165) is 45.2 Å². The Bertz CT molecular complexity index is 301. The number of likely N-dealkylation sites (tertiary alicyclic amines) is 1. The number of nitrogens with zero attached hydrogens (tertiary/aromatic N) is 1. The van der Waals surface area contributed by atoms with E-state index in [-0.39, 0.29) is 29.7 Å². The summed E-state index contributed by atoms with van der Waals surface area (Å²) in [6.07, 6.45) is 4.93. The van der Waals surface area contributed by atoms with Gasteiger partial charge in [-0.3, -0.25) is 14.5 Å². The molecule has 3 aliphatic rings. The predicted molar refractivity (Wildman–Crippen MR) is 58.6 cm³/mol. The molecule has 0 aromatic rings. The van der Waals surface area contributed by atoms with Crippen LogP contribution in [-0.2, 0) is 9.59 Å². The Morgan fingerprint density at radius 2 is 1.69 bits per heavy atom. The quantitative estimate of drug-likeness (QED) is 0.658. The Hall–Kier alpha value is -0.900. The lowest BCUT2D eigenvalue weighted by molar-refractivity contribution is -0.143. The van der Waals surface area contributed by atoms with Crippen molar-refractivity contribution in [2.75, 3.05) is 13.1 Å². The van der Waals surface area contributed by atoms with Crippen molar-refractivity contribution < 1.29 is 9.59 Å². The zero-order chi connectivity index (χ0) is 11.1. The number of carbonyl (C=O) groups excluding carboxylic acids is 2. The molecule has 0 bridgehead atoms. The highest BCUT2D eigenvalue weighted by Crippen LogP contribution is 2.40. The molecule has 16 heavy (non-hydrogen) atoms. The van der Waals surface area contributed by atoms with Gasteiger partial charge in [-0.05, 0) is 32.2 Å². The molecule has 1 N–H and O–H groups in total. The van der Waals surface area contributed by atoms with Crippen molar-refractivity contribution in [2.24, 2.45) is 11.8 Å². The molecule has 3 fully saturated rings. The van der Waals surface area contributed by atoms with Gasteiger partial charge in [0.25, 0.3) is 0 Å². The van der Waals surface area contributed by atoms with Gasteiger partial charge in [-0.2, -0.15) is 0 Å². The predicted octanol–water partition coefficient (Wildman–Crippen LogP) is 0.523. The summed E-state index contributed by atoms with van der Waals surface area (Å²) in [5.41, 5.74) is 0. The highest BCUT2D eigenvalue weighted by Gasteiger charge is 2.51. The SMILES string of the molecule is O=C1C2CCCC2C(=O)N1C1CCCNC1. The van der Waals surface area contributed by atoms with Crippen LogP contribution in [0.4, 0.5) is 0 Å². The lowest BCUT2D eigenvalue weighted by Crippen LogP contribution is -2.49. The van der Waals surface area contributed by atoms with E-state index in [2.05, 4.69) is 5.32 Å². The number of piperidine rings is 1. The molecule has 3 unspecified atom stereocenters. The average molecular weight is 222 g/mol. The first-order valence-corrected chi connectivity index (χ1v) is 6.36. The first-order valence-electron chi connectivity index (χ1n) is 6.36. The summed E-state index contributed by atoms with van der Waals surface area (Å²) in [7, 11) is 0. The van der Waals surface area contributed by atoms with Crippen LogP contribution in [0, 0.1) is 11.8 Å². The molecule has 4 heteroatoms. The van der Waals surface area contributed by atoms with E-state index in [1.54, 1.807) is 4.90 Å². The van der Waals surface area contributed by atoms with Gasteiger partial charge >= 0.3 is 0 Å². The van der Waals surface area contributed by atoms with Crippen molar-refractivity contribution in [3.05, 3.63) is 0 Å². The summed E-state index contributed by atoms with van der Waals surface area (Å²) in [5, 5.41) is 3.27. The zero-order valence-electron chi connectivity index (χ0n) is 9.45.